The number of aryl methyl sites for hydroxylation is 2. The minimum Gasteiger partial charge on any atom is -0.381 e. The lowest BCUT2D eigenvalue weighted by Crippen LogP contribution is -2.19. The molecule has 1 fully saturated rings. The minimum atomic E-state index is 0.124. The van der Waals surface area contributed by atoms with Crippen LogP contribution in [0.3, 0.4) is 0 Å². The van der Waals surface area contributed by atoms with Crippen molar-refractivity contribution in [1.82, 2.24) is 0 Å². The average molecular weight is 261 g/mol. The number of rotatable bonds is 4. The molecule has 0 bridgehead atoms. The first kappa shape index (κ1) is 14.1. The smallest absolute Gasteiger partial charge is 0.224 e. The Bertz CT molecular complexity index is 436. The topological polar surface area (TPSA) is 38.3 Å². The maximum atomic E-state index is 11.9. The van der Waals surface area contributed by atoms with Crippen molar-refractivity contribution in [3.8, 4) is 0 Å². The van der Waals surface area contributed by atoms with Crippen LogP contribution >= 0.6 is 0 Å². The first-order valence-electron chi connectivity index (χ1n) is 7.10. The summed E-state index contributed by atoms with van der Waals surface area (Å²) in [5.41, 5.74) is 3.28. The highest BCUT2D eigenvalue weighted by Crippen LogP contribution is 2.21. The van der Waals surface area contributed by atoms with E-state index < -0.39 is 0 Å². The summed E-state index contributed by atoms with van der Waals surface area (Å²) < 4.78 is 5.33. The molecule has 104 valence electrons. The lowest BCUT2D eigenvalue weighted by Gasteiger charge is -2.21. The fourth-order valence-corrected chi connectivity index (χ4v) is 2.54. The van der Waals surface area contributed by atoms with E-state index in [0.29, 0.717) is 12.3 Å². The fourth-order valence-electron chi connectivity index (χ4n) is 2.54. The van der Waals surface area contributed by atoms with Gasteiger partial charge in [-0.25, -0.2) is 0 Å². The first-order valence-corrected chi connectivity index (χ1v) is 7.10. The monoisotopic (exact) mass is 261 g/mol. The number of anilines is 1. The minimum absolute atomic E-state index is 0.124. The van der Waals surface area contributed by atoms with Gasteiger partial charge in [0.2, 0.25) is 5.91 Å². The molecule has 3 nitrogen and oxygen atoms in total. The summed E-state index contributed by atoms with van der Waals surface area (Å²) in [6.45, 7) is 5.79. The molecule has 1 aromatic carbocycles. The second-order valence-electron chi connectivity index (χ2n) is 5.46. The van der Waals surface area contributed by atoms with Crippen LogP contribution in [0.5, 0.6) is 0 Å². The van der Waals surface area contributed by atoms with Crippen LogP contribution in [0.4, 0.5) is 5.69 Å². The molecular formula is C16H23NO2. The first-order chi connectivity index (χ1) is 9.15. The number of nitrogens with one attached hydrogen (secondary N) is 1. The molecule has 0 atom stereocenters. The van der Waals surface area contributed by atoms with E-state index >= 15 is 0 Å². The highest BCUT2D eigenvalue weighted by molar-refractivity contribution is 5.91. The Labute approximate surface area is 115 Å². The molecule has 0 saturated carbocycles. The van der Waals surface area contributed by atoms with Crippen molar-refractivity contribution in [2.24, 2.45) is 5.92 Å². The molecule has 1 amide bonds. The maximum Gasteiger partial charge on any atom is 0.224 e. The number of hydrogen-bond acceptors (Lipinski definition) is 2. The van der Waals surface area contributed by atoms with Crippen LogP contribution in [-0.4, -0.2) is 19.1 Å². The number of carbonyl (C=O) groups is 1. The van der Waals surface area contributed by atoms with E-state index in [1.165, 1.54) is 5.56 Å². The molecular weight excluding hydrogens is 238 g/mol. The molecule has 3 heteroatoms. The summed E-state index contributed by atoms with van der Waals surface area (Å²) in [4.78, 5) is 11.9. The third-order valence-electron chi connectivity index (χ3n) is 3.78. The van der Waals surface area contributed by atoms with E-state index in [2.05, 4.69) is 18.3 Å². The van der Waals surface area contributed by atoms with Crippen molar-refractivity contribution in [1.29, 1.82) is 0 Å². The molecule has 0 aromatic heterocycles. The average Bonchev–Trinajstić information content (AvgIpc) is 2.41. The van der Waals surface area contributed by atoms with Gasteiger partial charge in [-0.05, 0) is 50.7 Å². The Balaban J connectivity index is 1.80. The molecule has 19 heavy (non-hydrogen) atoms. The SMILES string of the molecule is Cc1ccc(NC(=O)CCC2CCOCC2)c(C)c1. The Morgan fingerprint density at radius 3 is 2.74 bits per heavy atom. The molecule has 1 saturated heterocycles. The summed E-state index contributed by atoms with van der Waals surface area (Å²) in [6.07, 6.45) is 3.77. The van der Waals surface area contributed by atoms with Crippen LogP contribution in [0, 0.1) is 19.8 Å². The van der Waals surface area contributed by atoms with Crippen molar-refractivity contribution in [3.63, 3.8) is 0 Å². The molecule has 0 aliphatic carbocycles. The highest BCUT2D eigenvalue weighted by atomic mass is 16.5. The maximum absolute atomic E-state index is 11.9. The summed E-state index contributed by atoms with van der Waals surface area (Å²) in [5.74, 6) is 0.775. The van der Waals surface area contributed by atoms with Gasteiger partial charge in [-0.15, -0.1) is 0 Å². The van der Waals surface area contributed by atoms with Crippen LogP contribution in [0.25, 0.3) is 0 Å². The quantitative estimate of drug-likeness (QED) is 0.901. The number of amides is 1. The zero-order valence-electron chi connectivity index (χ0n) is 11.9. The van der Waals surface area contributed by atoms with Crippen LogP contribution in [0.2, 0.25) is 0 Å². The van der Waals surface area contributed by atoms with Gasteiger partial charge in [0.1, 0.15) is 0 Å². The predicted octanol–water partition coefficient (Wildman–Crippen LogP) is 3.45. The van der Waals surface area contributed by atoms with Crippen molar-refractivity contribution in [3.05, 3.63) is 29.3 Å². The molecule has 1 aromatic rings. The normalized spacial score (nSPS) is 16.3. The summed E-state index contributed by atoms with van der Waals surface area (Å²) in [7, 11) is 0. The van der Waals surface area contributed by atoms with Gasteiger partial charge >= 0.3 is 0 Å². The molecule has 1 N–H and O–H groups in total. The van der Waals surface area contributed by atoms with Crippen LogP contribution in [-0.2, 0) is 9.53 Å². The van der Waals surface area contributed by atoms with E-state index in [0.717, 1.165) is 43.7 Å². The Hall–Kier alpha value is -1.35. The van der Waals surface area contributed by atoms with Gasteiger partial charge in [0.15, 0.2) is 0 Å². The van der Waals surface area contributed by atoms with Crippen LogP contribution < -0.4 is 5.32 Å². The molecule has 1 heterocycles. The molecule has 1 aliphatic rings. The summed E-state index contributed by atoms with van der Waals surface area (Å²) >= 11 is 0. The number of hydrogen-bond donors (Lipinski definition) is 1. The number of ether oxygens (including phenoxy) is 1. The Kier molecular flexibility index (Phi) is 4.97. The van der Waals surface area contributed by atoms with E-state index in [9.17, 15) is 4.79 Å². The van der Waals surface area contributed by atoms with Crippen LogP contribution in [0.1, 0.15) is 36.8 Å². The fraction of sp³-hybridized carbons (Fsp3) is 0.562. The van der Waals surface area contributed by atoms with Gasteiger partial charge in [-0.3, -0.25) is 4.79 Å². The van der Waals surface area contributed by atoms with Gasteiger partial charge in [-0.2, -0.15) is 0 Å². The molecule has 1 aliphatic heterocycles. The second-order valence-corrected chi connectivity index (χ2v) is 5.46. The van der Waals surface area contributed by atoms with Gasteiger partial charge in [-0.1, -0.05) is 17.7 Å². The van der Waals surface area contributed by atoms with E-state index in [1.807, 2.05) is 19.1 Å². The lowest BCUT2D eigenvalue weighted by molar-refractivity contribution is -0.116. The largest absolute Gasteiger partial charge is 0.381 e. The van der Waals surface area contributed by atoms with Gasteiger partial charge < -0.3 is 10.1 Å². The zero-order chi connectivity index (χ0) is 13.7. The number of benzene rings is 1. The second kappa shape index (κ2) is 6.71. The van der Waals surface area contributed by atoms with E-state index in [1.54, 1.807) is 0 Å². The standard InChI is InChI=1S/C16H23NO2/c1-12-3-5-15(13(2)11-12)17-16(18)6-4-14-7-9-19-10-8-14/h3,5,11,14H,4,6-10H2,1-2H3,(H,17,18). The molecule has 0 radical (unpaired) electrons. The van der Waals surface area contributed by atoms with Crippen molar-refractivity contribution < 1.29 is 9.53 Å². The predicted molar refractivity (Wildman–Crippen MR) is 77.3 cm³/mol. The zero-order valence-corrected chi connectivity index (χ0v) is 11.9. The molecule has 2 rings (SSSR count). The van der Waals surface area contributed by atoms with Gasteiger partial charge in [0, 0.05) is 25.3 Å². The van der Waals surface area contributed by atoms with E-state index in [-0.39, 0.29) is 5.91 Å². The third-order valence-corrected chi connectivity index (χ3v) is 3.78. The summed E-state index contributed by atoms with van der Waals surface area (Å²) in [5, 5.41) is 3.01. The Morgan fingerprint density at radius 2 is 2.05 bits per heavy atom. The van der Waals surface area contributed by atoms with Gasteiger partial charge in [0.25, 0.3) is 0 Å². The molecule has 0 unspecified atom stereocenters. The number of carbonyl (C=O) groups excluding carboxylic acids is 1. The van der Waals surface area contributed by atoms with Crippen molar-refractivity contribution in [2.75, 3.05) is 18.5 Å². The van der Waals surface area contributed by atoms with Gasteiger partial charge in [0.05, 0.1) is 0 Å². The summed E-state index contributed by atoms with van der Waals surface area (Å²) in [6, 6.07) is 6.10. The lowest BCUT2D eigenvalue weighted by atomic mass is 9.95. The third kappa shape index (κ3) is 4.35. The Morgan fingerprint density at radius 1 is 1.32 bits per heavy atom. The molecule has 0 spiro atoms. The van der Waals surface area contributed by atoms with E-state index in [4.69, 9.17) is 4.74 Å². The highest BCUT2D eigenvalue weighted by Gasteiger charge is 2.15. The van der Waals surface area contributed by atoms with Crippen molar-refractivity contribution >= 4 is 11.6 Å². The van der Waals surface area contributed by atoms with Crippen LogP contribution in [0.15, 0.2) is 18.2 Å². The van der Waals surface area contributed by atoms with Crippen molar-refractivity contribution in [2.45, 2.75) is 39.5 Å².